The molecule has 0 aromatic heterocycles. The monoisotopic (exact) mass is 515 g/mol. The molecule has 0 aliphatic rings. The van der Waals surface area contributed by atoms with Gasteiger partial charge in [0.1, 0.15) is 0 Å². The molecule has 0 atom stereocenters. The third kappa shape index (κ3) is 5.85. The molecule has 3 rings (SSSR count). The highest BCUT2D eigenvalue weighted by Crippen LogP contribution is 2.16. The van der Waals surface area contributed by atoms with E-state index < -0.39 is 0 Å². The van der Waals surface area contributed by atoms with Crippen LogP contribution in [0.25, 0.3) is 0 Å². The van der Waals surface area contributed by atoms with Crippen LogP contribution in [-0.2, 0) is 6.54 Å². The largest absolute Gasteiger partial charge is 0.348 e. The first-order valence-corrected chi connectivity index (χ1v) is 10.3. The van der Waals surface area contributed by atoms with E-state index in [2.05, 4.69) is 38.5 Å². The second-order valence-electron chi connectivity index (χ2n) is 6.10. The van der Waals surface area contributed by atoms with Gasteiger partial charge in [-0.2, -0.15) is 0 Å². The van der Waals surface area contributed by atoms with Gasteiger partial charge in [-0.25, -0.2) is 0 Å². The van der Waals surface area contributed by atoms with Crippen LogP contribution in [0, 0.1) is 3.57 Å². The summed E-state index contributed by atoms with van der Waals surface area (Å²) in [6.07, 6.45) is 0. The fraction of sp³-hybridized carbons (Fsp3) is 0.0455. The van der Waals surface area contributed by atoms with Crippen molar-refractivity contribution in [1.82, 2.24) is 10.6 Å². The maximum absolute atomic E-state index is 12.6. The molecule has 0 heterocycles. The van der Waals surface area contributed by atoms with Crippen molar-refractivity contribution < 1.29 is 9.59 Å². The molecule has 146 valence electrons. The number of halogens is 1. The van der Waals surface area contributed by atoms with Crippen molar-refractivity contribution >= 4 is 57.4 Å². The van der Waals surface area contributed by atoms with E-state index in [-0.39, 0.29) is 16.9 Å². The van der Waals surface area contributed by atoms with Crippen LogP contribution in [0.5, 0.6) is 0 Å². The Kier molecular flexibility index (Phi) is 7.31. The van der Waals surface area contributed by atoms with Crippen LogP contribution in [0.4, 0.5) is 5.69 Å². The number of hydrogen-bond acceptors (Lipinski definition) is 3. The van der Waals surface area contributed by atoms with Crippen LogP contribution in [-0.4, -0.2) is 16.9 Å². The summed E-state index contributed by atoms with van der Waals surface area (Å²) in [5.74, 6) is -0.540. The second-order valence-corrected chi connectivity index (χ2v) is 7.67. The van der Waals surface area contributed by atoms with Crippen molar-refractivity contribution in [2.45, 2.75) is 6.54 Å². The van der Waals surface area contributed by atoms with Gasteiger partial charge in [0.05, 0.1) is 16.8 Å². The van der Waals surface area contributed by atoms with Crippen LogP contribution in [0.1, 0.15) is 26.3 Å². The number of anilines is 1. The minimum Gasteiger partial charge on any atom is -0.348 e. The maximum atomic E-state index is 12.6. The smallest absolute Gasteiger partial charge is 0.258 e. The molecule has 3 N–H and O–H groups in total. The summed E-state index contributed by atoms with van der Waals surface area (Å²) in [7, 11) is 0. The molecular weight excluding hydrogens is 497 g/mol. The molecule has 0 unspecified atom stereocenters. The molecule has 0 radical (unpaired) electrons. The predicted octanol–water partition coefficient (Wildman–Crippen LogP) is 4.35. The first-order valence-electron chi connectivity index (χ1n) is 8.82. The quantitative estimate of drug-likeness (QED) is 0.349. The third-order valence-electron chi connectivity index (χ3n) is 4.06. The Morgan fingerprint density at radius 1 is 0.793 bits per heavy atom. The average molecular weight is 515 g/mol. The maximum Gasteiger partial charge on any atom is 0.258 e. The molecule has 3 aromatic rings. The van der Waals surface area contributed by atoms with Crippen LogP contribution >= 0.6 is 34.8 Å². The van der Waals surface area contributed by atoms with Crippen molar-refractivity contribution in [2.75, 3.05) is 5.32 Å². The number of carbonyl (C=O) groups is 2. The molecule has 29 heavy (non-hydrogen) atoms. The molecule has 2 amide bonds. The summed E-state index contributed by atoms with van der Waals surface area (Å²) in [5.41, 5.74) is 2.50. The Labute approximate surface area is 188 Å². The van der Waals surface area contributed by atoms with Crippen LogP contribution < -0.4 is 16.0 Å². The van der Waals surface area contributed by atoms with Gasteiger partial charge in [0, 0.05) is 10.1 Å². The molecular formula is C22H18IN3O2S. The Hall–Kier alpha value is -2.78. The van der Waals surface area contributed by atoms with E-state index in [0.717, 1.165) is 9.13 Å². The van der Waals surface area contributed by atoms with Crippen molar-refractivity contribution in [3.63, 3.8) is 0 Å². The Morgan fingerprint density at radius 3 is 2.14 bits per heavy atom. The number of hydrogen-bond donors (Lipinski definition) is 3. The topological polar surface area (TPSA) is 70.2 Å². The lowest BCUT2D eigenvalue weighted by Crippen LogP contribution is -2.35. The fourth-order valence-corrected chi connectivity index (χ4v) is 3.47. The zero-order chi connectivity index (χ0) is 20.6. The fourth-order valence-electron chi connectivity index (χ4n) is 2.63. The van der Waals surface area contributed by atoms with Gasteiger partial charge in [-0.15, -0.1) is 0 Å². The number of rotatable bonds is 5. The van der Waals surface area contributed by atoms with E-state index in [4.69, 9.17) is 12.2 Å². The average Bonchev–Trinajstić information content (AvgIpc) is 2.73. The number of benzene rings is 3. The standard InChI is InChI=1S/C22H18IN3O2S/c23-18-12-6-4-10-16(18)21(28)26-22(29)25-19-13-7-5-11-17(19)20(27)24-14-15-8-2-1-3-9-15/h1-13H,14H2,(H,24,27)(H2,25,26,28,29). The summed E-state index contributed by atoms with van der Waals surface area (Å²) in [6, 6.07) is 23.9. The Morgan fingerprint density at radius 2 is 1.41 bits per heavy atom. The van der Waals surface area contributed by atoms with Gasteiger partial charge in [0.15, 0.2) is 5.11 Å². The first-order chi connectivity index (χ1) is 14.0. The first kappa shape index (κ1) is 20.9. The van der Waals surface area contributed by atoms with Crippen LogP contribution in [0.3, 0.4) is 0 Å². The van der Waals surface area contributed by atoms with Crippen LogP contribution in [0.2, 0.25) is 0 Å². The van der Waals surface area contributed by atoms with E-state index in [1.807, 2.05) is 42.5 Å². The van der Waals surface area contributed by atoms with Crippen molar-refractivity contribution in [2.24, 2.45) is 0 Å². The Balaban J connectivity index is 1.65. The normalized spacial score (nSPS) is 10.1. The zero-order valence-electron chi connectivity index (χ0n) is 15.3. The zero-order valence-corrected chi connectivity index (χ0v) is 18.3. The number of para-hydroxylation sites is 1. The van der Waals surface area contributed by atoms with Gasteiger partial charge in [0.2, 0.25) is 0 Å². The highest BCUT2D eigenvalue weighted by Gasteiger charge is 2.14. The van der Waals surface area contributed by atoms with Gasteiger partial charge in [-0.05, 0) is 64.6 Å². The summed E-state index contributed by atoms with van der Waals surface area (Å²) in [4.78, 5) is 25.0. The SMILES string of the molecule is O=C(NC(=S)Nc1ccccc1C(=O)NCc1ccccc1)c1ccccc1I. The van der Waals surface area contributed by atoms with Crippen molar-refractivity contribution in [3.8, 4) is 0 Å². The molecule has 0 aliphatic heterocycles. The molecule has 0 spiro atoms. The Bertz CT molecular complexity index is 1040. The molecule has 3 aromatic carbocycles. The summed E-state index contributed by atoms with van der Waals surface area (Å²) in [5, 5.41) is 8.62. The van der Waals surface area contributed by atoms with E-state index in [1.54, 1.807) is 36.4 Å². The van der Waals surface area contributed by atoms with Crippen molar-refractivity contribution in [1.29, 1.82) is 0 Å². The minimum absolute atomic E-state index is 0.123. The molecule has 0 bridgehead atoms. The second kappa shape index (κ2) is 10.1. The highest BCUT2D eigenvalue weighted by atomic mass is 127. The van der Waals surface area contributed by atoms with E-state index in [1.165, 1.54) is 0 Å². The number of amides is 2. The van der Waals surface area contributed by atoms with E-state index in [9.17, 15) is 9.59 Å². The van der Waals surface area contributed by atoms with E-state index >= 15 is 0 Å². The molecule has 7 heteroatoms. The summed E-state index contributed by atoms with van der Waals surface area (Å²) in [6.45, 7) is 0.418. The molecule has 0 saturated carbocycles. The lowest BCUT2D eigenvalue weighted by molar-refractivity contribution is 0.0950. The molecule has 0 fully saturated rings. The number of thiocarbonyl (C=S) groups is 1. The van der Waals surface area contributed by atoms with Gasteiger partial charge in [-0.1, -0.05) is 54.6 Å². The van der Waals surface area contributed by atoms with E-state index in [0.29, 0.717) is 23.4 Å². The molecule has 0 saturated heterocycles. The minimum atomic E-state index is -0.307. The van der Waals surface area contributed by atoms with Gasteiger partial charge < -0.3 is 10.6 Å². The predicted molar refractivity (Wildman–Crippen MR) is 127 cm³/mol. The lowest BCUT2D eigenvalue weighted by Gasteiger charge is -2.14. The third-order valence-corrected chi connectivity index (χ3v) is 5.21. The van der Waals surface area contributed by atoms with Crippen LogP contribution in [0.15, 0.2) is 78.9 Å². The highest BCUT2D eigenvalue weighted by molar-refractivity contribution is 14.1. The summed E-state index contributed by atoms with van der Waals surface area (Å²) >= 11 is 7.36. The van der Waals surface area contributed by atoms with Gasteiger partial charge in [-0.3, -0.25) is 14.9 Å². The van der Waals surface area contributed by atoms with Gasteiger partial charge in [0.25, 0.3) is 11.8 Å². The molecule has 5 nitrogen and oxygen atoms in total. The summed E-state index contributed by atoms with van der Waals surface area (Å²) < 4.78 is 0.825. The number of nitrogens with one attached hydrogen (secondary N) is 3. The lowest BCUT2D eigenvalue weighted by atomic mass is 10.1. The van der Waals surface area contributed by atoms with Gasteiger partial charge >= 0.3 is 0 Å². The molecule has 0 aliphatic carbocycles. The van der Waals surface area contributed by atoms with Crippen molar-refractivity contribution in [3.05, 3.63) is 99.1 Å². The number of carbonyl (C=O) groups excluding carboxylic acids is 2.